The molecule has 108 valence electrons. The summed E-state index contributed by atoms with van der Waals surface area (Å²) in [6.45, 7) is 7.09. The Hall–Kier alpha value is -0.570. The fourth-order valence-electron chi connectivity index (χ4n) is 2.02. The highest BCUT2D eigenvalue weighted by atomic mass is 35.5. The largest absolute Gasteiger partial charge is 0.381 e. The summed E-state index contributed by atoms with van der Waals surface area (Å²) in [4.78, 5) is 0. The molecule has 3 heteroatoms. The van der Waals surface area contributed by atoms with E-state index in [2.05, 4.69) is 25.2 Å². The molecule has 0 aliphatic heterocycles. The standard InChI is InChI=1S/C16H26ClNO/c1-3-5-11-19-12-7-10-18-16(4-2)14-8-6-9-15(17)13-14/h6,8-9,13,16,18H,3-5,7,10-12H2,1-2H3. The van der Waals surface area contributed by atoms with Crippen molar-refractivity contribution in [2.24, 2.45) is 0 Å². The van der Waals surface area contributed by atoms with Crippen LogP contribution in [0.25, 0.3) is 0 Å². The first kappa shape index (κ1) is 16.5. The van der Waals surface area contributed by atoms with E-state index in [9.17, 15) is 0 Å². The highest BCUT2D eigenvalue weighted by Crippen LogP contribution is 2.20. The Bertz CT molecular complexity index is 343. The molecular weight excluding hydrogens is 258 g/mol. The molecule has 0 bridgehead atoms. The summed E-state index contributed by atoms with van der Waals surface area (Å²) in [6.07, 6.45) is 4.48. The Balaban J connectivity index is 2.22. The third-order valence-electron chi connectivity index (χ3n) is 3.16. The lowest BCUT2D eigenvalue weighted by Crippen LogP contribution is -2.22. The van der Waals surface area contributed by atoms with Gasteiger partial charge >= 0.3 is 0 Å². The van der Waals surface area contributed by atoms with Gasteiger partial charge in [-0.05, 0) is 43.5 Å². The van der Waals surface area contributed by atoms with E-state index in [-0.39, 0.29) is 0 Å². The number of nitrogens with one attached hydrogen (secondary N) is 1. The summed E-state index contributed by atoms with van der Waals surface area (Å²) >= 11 is 6.03. The molecule has 1 atom stereocenters. The lowest BCUT2D eigenvalue weighted by atomic mass is 10.0. The Morgan fingerprint density at radius 2 is 2.00 bits per heavy atom. The maximum atomic E-state index is 6.03. The highest BCUT2D eigenvalue weighted by Gasteiger charge is 2.08. The average molecular weight is 284 g/mol. The van der Waals surface area contributed by atoms with Crippen LogP contribution in [0.3, 0.4) is 0 Å². The summed E-state index contributed by atoms with van der Waals surface area (Å²) in [7, 11) is 0. The van der Waals surface area contributed by atoms with Crippen LogP contribution in [0.4, 0.5) is 0 Å². The van der Waals surface area contributed by atoms with Gasteiger partial charge in [-0.2, -0.15) is 0 Å². The molecule has 0 aliphatic carbocycles. The second-order valence-electron chi connectivity index (χ2n) is 4.79. The lowest BCUT2D eigenvalue weighted by Gasteiger charge is -2.17. The topological polar surface area (TPSA) is 21.3 Å². The number of hydrogen-bond acceptors (Lipinski definition) is 2. The minimum Gasteiger partial charge on any atom is -0.381 e. The maximum absolute atomic E-state index is 6.03. The van der Waals surface area contributed by atoms with E-state index in [1.807, 2.05) is 18.2 Å². The maximum Gasteiger partial charge on any atom is 0.0478 e. The van der Waals surface area contributed by atoms with Gasteiger partial charge in [0.25, 0.3) is 0 Å². The number of ether oxygens (including phenoxy) is 1. The third-order valence-corrected chi connectivity index (χ3v) is 3.39. The van der Waals surface area contributed by atoms with Gasteiger partial charge in [-0.15, -0.1) is 0 Å². The van der Waals surface area contributed by atoms with Crippen LogP contribution in [-0.4, -0.2) is 19.8 Å². The van der Waals surface area contributed by atoms with E-state index in [1.165, 1.54) is 12.0 Å². The Kier molecular flexibility index (Phi) is 8.89. The molecule has 0 radical (unpaired) electrons. The van der Waals surface area contributed by atoms with Gasteiger partial charge in [-0.1, -0.05) is 44.0 Å². The molecule has 0 spiro atoms. The van der Waals surface area contributed by atoms with Gasteiger partial charge in [-0.3, -0.25) is 0 Å². The van der Waals surface area contributed by atoms with E-state index in [4.69, 9.17) is 16.3 Å². The van der Waals surface area contributed by atoms with E-state index in [1.54, 1.807) is 0 Å². The zero-order valence-corrected chi connectivity index (χ0v) is 12.9. The first-order valence-electron chi connectivity index (χ1n) is 7.34. The Labute approximate surface area is 122 Å². The number of halogens is 1. The van der Waals surface area contributed by atoms with Crippen molar-refractivity contribution < 1.29 is 4.74 Å². The summed E-state index contributed by atoms with van der Waals surface area (Å²) in [5.41, 5.74) is 1.27. The molecule has 0 aromatic heterocycles. The van der Waals surface area contributed by atoms with Crippen LogP contribution in [0.2, 0.25) is 5.02 Å². The lowest BCUT2D eigenvalue weighted by molar-refractivity contribution is 0.128. The predicted octanol–water partition coefficient (Wildman–Crippen LogP) is 4.59. The zero-order valence-electron chi connectivity index (χ0n) is 12.1. The van der Waals surface area contributed by atoms with Crippen LogP contribution in [0.1, 0.15) is 51.1 Å². The van der Waals surface area contributed by atoms with Gasteiger partial charge in [0.2, 0.25) is 0 Å². The van der Waals surface area contributed by atoms with Gasteiger partial charge in [0.1, 0.15) is 0 Å². The fraction of sp³-hybridized carbons (Fsp3) is 0.625. The van der Waals surface area contributed by atoms with Crippen molar-refractivity contribution in [2.45, 2.75) is 45.6 Å². The molecule has 0 aliphatic rings. The van der Waals surface area contributed by atoms with Crippen molar-refractivity contribution in [3.8, 4) is 0 Å². The predicted molar refractivity (Wildman–Crippen MR) is 82.8 cm³/mol. The second-order valence-corrected chi connectivity index (χ2v) is 5.23. The van der Waals surface area contributed by atoms with E-state index < -0.39 is 0 Å². The number of rotatable bonds is 10. The third kappa shape index (κ3) is 6.95. The van der Waals surface area contributed by atoms with Gasteiger partial charge in [0.15, 0.2) is 0 Å². The van der Waals surface area contributed by atoms with Crippen molar-refractivity contribution >= 4 is 11.6 Å². The van der Waals surface area contributed by atoms with E-state index in [0.717, 1.165) is 44.0 Å². The summed E-state index contributed by atoms with van der Waals surface area (Å²) < 4.78 is 5.55. The molecule has 1 rings (SSSR count). The van der Waals surface area contributed by atoms with Crippen LogP contribution >= 0.6 is 11.6 Å². The number of hydrogen-bond donors (Lipinski definition) is 1. The van der Waals surface area contributed by atoms with Gasteiger partial charge in [0.05, 0.1) is 0 Å². The smallest absolute Gasteiger partial charge is 0.0478 e. The van der Waals surface area contributed by atoms with E-state index >= 15 is 0 Å². The van der Waals surface area contributed by atoms with Crippen molar-refractivity contribution in [2.75, 3.05) is 19.8 Å². The van der Waals surface area contributed by atoms with E-state index in [0.29, 0.717) is 6.04 Å². The van der Waals surface area contributed by atoms with Gasteiger partial charge in [0, 0.05) is 24.3 Å². The summed E-state index contributed by atoms with van der Waals surface area (Å²) in [6, 6.07) is 8.48. The normalized spacial score (nSPS) is 12.6. The Morgan fingerprint density at radius 1 is 1.21 bits per heavy atom. The molecule has 2 nitrogen and oxygen atoms in total. The quantitative estimate of drug-likeness (QED) is 0.634. The monoisotopic (exact) mass is 283 g/mol. The molecule has 1 unspecified atom stereocenters. The minimum absolute atomic E-state index is 0.384. The molecular formula is C16H26ClNO. The molecule has 0 heterocycles. The SMILES string of the molecule is CCCCOCCCNC(CC)c1cccc(Cl)c1. The van der Waals surface area contributed by atoms with Crippen LogP contribution in [-0.2, 0) is 4.74 Å². The van der Waals surface area contributed by atoms with Crippen LogP contribution in [0.15, 0.2) is 24.3 Å². The molecule has 0 fully saturated rings. The van der Waals surface area contributed by atoms with Crippen LogP contribution < -0.4 is 5.32 Å². The van der Waals surface area contributed by atoms with Crippen molar-refractivity contribution in [3.05, 3.63) is 34.9 Å². The zero-order chi connectivity index (χ0) is 13.9. The first-order valence-corrected chi connectivity index (χ1v) is 7.72. The van der Waals surface area contributed by atoms with Crippen LogP contribution in [0.5, 0.6) is 0 Å². The molecule has 1 aromatic carbocycles. The second kappa shape index (κ2) is 10.2. The number of unbranched alkanes of at least 4 members (excludes halogenated alkanes) is 1. The summed E-state index contributed by atoms with van der Waals surface area (Å²) in [5.74, 6) is 0. The molecule has 1 aromatic rings. The first-order chi connectivity index (χ1) is 9.27. The van der Waals surface area contributed by atoms with Crippen molar-refractivity contribution in [1.82, 2.24) is 5.32 Å². The Morgan fingerprint density at radius 3 is 2.68 bits per heavy atom. The molecule has 1 N–H and O–H groups in total. The molecule has 19 heavy (non-hydrogen) atoms. The van der Waals surface area contributed by atoms with Crippen molar-refractivity contribution in [3.63, 3.8) is 0 Å². The van der Waals surface area contributed by atoms with Crippen LogP contribution in [0, 0.1) is 0 Å². The van der Waals surface area contributed by atoms with Gasteiger partial charge in [-0.25, -0.2) is 0 Å². The molecule has 0 saturated heterocycles. The number of benzene rings is 1. The van der Waals surface area contributed by atoms with Crippen molar-refractivity contribution in [1.29, 1.82) is 0 Å². The highest BCUT2D eigenvalue weighted by molar-refractivity contribution is 6.30. The molecule has 0 amide bonds. The van der Waals surface area contributed by atoms with Gasteiger partial charge < -0.3 is 10.1 Å². The minimum atomic E-state index is 0.384. The summed E-state index contributed by atoms with van der Waals surface area (Å²) in [5, 5.41) is 4.37. The average Bonchev–Trinajstić information content (AvgIpc) is 2.42. The fourth-order valence-corrected chi connectivity index (χ4v) is 2.22. The molecule has 0 saturated carbocycles.